The molecule has 1 aromatic carbocycles. The standard InChI is InChI=1S/C24H32N2O3S/c1-23-14-24(13-17-6-7-18(27)12-20(17)23)15-26(2)22(24)21(23)25-11-10-16-4-8-19(9-5-16)30(3,28)29/h4-6,8-9,12,18,21-22,25,27H,7,10-11,13-15H2,1-3H3/t18?,21-,22+,23-,24?/m1/s1. The van der Waals surface area contributed by atoms with Gasteiger partial charge in [-0.25, -0.2) is 8.42 Å². The number of nitrogens with zero attached hydrogens (tertiary/aromatic N) is 1. The van der Waals surface area contributed by atoms with Crippen LogP contribution in [0.5, 0.6) is 0 Å². The van der Waals surface area contributed by atoms with Crippen LogP contribution in [0.4, 0.5) is 0 Å². The Bertz CT molecular complexity index is 1030. The number of aliphatic hydroxyl groups is 1. The van der Waals surface area contributed by atoms with E-state index in [2.05, 4.69) is 36.3 Å². The van der Waals surface area contributed by atoms with Crippen molar-refractivity contribution < 1.29 is 13.5 Å². The SMILES string of the molecule is CN1CC23CC4=CCC(O)C=C4[C@@](C)(C2)[C@H](NCCc2ccc(S(C)(=O)=O)cc2)[C@H]13. The highest BCUT2D eigenvalue weighted by Gasteiger charge is 2.69. The smallest absolute Gasteiger partial charge is 0.175 e. The third kappa shape index (κ3) is 3.03. The maximum absolute atomic E-state index is 11.7. The molecule has 2 bridgehead atoms. The summed E-state index contributed by atoms with van der Waals surface area (Å²) in [5.41, 5.74) is 4.38. The van der Waals surface area contributed by atoms with Crippen LogP contribution >= 0.6 is 0 Å². The minimum Gasteiger partial charge on any atom is -0.389 e. The molecule has 1 aromatic rings. The van der Waals surface area contributed by atoms with Gasteiger partial charge in [0.25, 0.3) is 0 Å². The molecule has 2 unspecified atom stereocenters. The summed E-state index contributed by atoms with van der Waals surface area (Å²) < 4.78 is 23.3. The van der Waals surface area contributed by atoms with Crippen molar-refractivity contribution in [3.8, 4) is 0 Å². The van der Waals surface area contributed by atoms with Crippen LogP contribution in [0.1, 0.15) is 31.7 Å². The molecule has 1 saturated heterocycles. The van der Waals surface area contributed by atoms with Gasteiger partial charge in [-0.15, -0.1) is 0 Å². The van der Waals surface area contributed by atoms with Gasteiger partial charge in [-0.2, -0.15) is 0 Å². The van der Waals surface area contributed by atoms with E-state index >= 15 is 0 Å². The number of nitrogens with one attached hydrogen (secondary N) is 1. The fourth-order valence-electron chi connectivity index (χ4n) is 6.94. The summed E-state index contributed by atoms with van der Waals surface area (Å²) in [4.78, 5) is 2.87. The monoisotopic (exact) mass is 428 g/mol. The van der Waals surface area contributed by atoms with Crippen molar-refractivity contribution in [2.45, 2.75) is 55.7 Å². The van der Waals surface area contributed by atoms with Gasteiger partial charge in [-0.05, 0) is 68.1 Å². The maximum atomic E-state index is 11.7. The number of allylic oxidation sites excluding steroid dienone is 1. The molecule has 1 heterocycles. The average molecular weight is 429 g/mol. The van der Waals surface area contributed by atoms with Crippen LogP contribution in [0.15, 0.2) is 52.5 Å². The van der Waals surface area contributed by atoms with Crippen LogP contribution in [0, 0.1) is 10.8 Å². The Kier molecular flexibility index (Phi) is 4.61. The molecule has 30 heavy (non-hydrogen) atoms. The van der Waals surface area contributed by atoms with E-state index in [-0.39, 0.29) is 11.5 Å². The minimum atomic E-state index is -3.15. The average Bonchev–Trinajstić information content (AvgIpc) is 2.83. The molecule has 2 saturated carbocycles. The van der Waals surface area contributed by atoms with E-state index in [1.54, 1.807) is 12.1 Å². The van der Waals surface area contributed by atoms with Crippen LogP contribution in [-0.2, 0) is 16.3 Å². The lowest BCUT2D eigenvalue weighted by Crippen LogP contribution is -2.65. The lowest BCUT2D eigenvalue weighted by molar-refractivity contribution is -0.0417. The predicted octanol–water partition coefficient (Wildman–Crippen LogP) is 2.32. The van der Waals surface area contributed by atoms with E-state index in [1.165, 1.54) is 23.8 Å². The van der Waals surface area contributed by atoms with Gasteiger partial charge in [0.2, 0.25) is 0 Å². The Balaban J connectivity index is 1.34. The topological polar surface area (TPSA) is 69.6 Å². The quantitative estimate of drug-likeness (QED) is 0.753. The van der Waals surface area contributed by atoms with Gasteiger partial charge in [0.1, 0.15) is 0 Å². The molecule has 3 fully saturated rings. The summed E-state index contributed by atoms with van der Waals surface area (Å²) in [6.45, 7) is 4.40. The number of aliphatic hydroxyl groups excluding tert-OH is 1. The van der Waals surface area contributed by atoms with Crippen LogP contribution < -0.4 is 5.32 Å². The van der Waals surface area contributed by atoms with E-state index < -0.39 is 9.84 Å². The summed E-state index contributed by atoms with van der Waals surface area (Å²) in [6.07, 6.45) is 9.21. The van der Waals surface area contributed by atoms with Gasteiger partial charge in [-0.1, -0.05) is 31.2 Å². The second kappa shape index (κ2) is 6.76. The molecular formula is C24H32N2O3S. The zero-order chi connectivity index (χ0) is 21.3. The van der Waals surface area contributed by atoms with Crippen molar-refractivity contribution >= 4 is 9.84 Å². The molecule has 2 N–H and O–H groups in total. The molecular weight excluding hydrogens is 396 g/mol. The number of likely N-dealkylation sites (tertiary alicyclic amines) is 1. The third-order valence-electron chi connectivity index (χ3n) is 7.99. The molecule has 0 aromatic heterocycles. The molecule has 5 nitrogen and oxygen atoms in total. The summed E-state index contributed by atoms with van der Waals surface area (Å²) in [6, 6.07) is 8.13. The van der Waals surface area contributed by atoms with Crippen LogP contribution in [0.3, 0.4) is 0 Å². The Hall–Kier alpha value is -1.47. The molecule has 3 aliphatic carbocycles. The predicted molar refractivity (Wildman–Crippen MR) is 118 cm³/mol. The molecule has 5 atom stereocenters. The number of hydrogen-bond acceptors (Lipinski definition) is 5. The van der Waals surface area contributed by atoms with Gasteiger partial charge in [0.15, 0.2) is 9.84 Å². The van der Waals surface area contributed by atoms with Crippen molar-refractivity contribution in [3.63, 3.8) is 0 Å². The molecule has 6 heteroatoms. The lowest BCUT2D eigenvalue weighted by Gasteiger charge is -2.55. The summed E-state index contributed by atoms with van der Waals surface area (Å²) in [5, 5.41) is 14.2. The van der Waals surface area contributed by atoms with Crippen LogP contribution in [0.2, 0.25) is 0 Å². The van der Waals surface area contributed by atoms with Crippen LogP contribution in [-0.4, -0.2) is 63.0 Å². The van der Waals surface area contributed by atoms with Crippen molar-refractivity contribution in [3.05, 3.63) is 53.1 Å². The van der Waals surface area contributed by atoms with Gasteiger partial charge in [0.05, 0.1) is 11.0 Å². The first-order chi connectivity index (χ1) is 14.1. The molecule has 1 spiro atoms. The number of sulfone groups is 1. The first-order valence-corrected chi connectivity index (χ1v) is 12.8. The molecule has 5 rings (SSSR count). The Labute approximate surface area is 179 Å². The van der Waals surface area contributed by atoms with E-state index in [0.29, 0.717) is 22.4 Å². The van der Waals surface area contributed by atoms with Crippen molar-refractivity contribution in [2.75, 3.05) is 26.4 Å². The second-order valence-electron chi connectivity index (χ2n) is 10.2. The lowest BCUT2D eigenvalue weighted by atomic mass is 9.61. The van der Waals surface area contributed by atoms with Crippen molar-refractivity contribution in [1.29, 1.82) is 0 Å². The van der Waals surface area contributed by atoms with Gasteiger partial charge < -0.3 is 15.3 Å². The minimum absolute atomic E-state index is 0.0427. The first kappa shape index (κ1) is 20.4. The van der Waals surface area contributed by atoms with Gasteiger partial charge in [-0.3, -0.25) is 0 Å². The van der Waals surface area contributed by atoms with E-state index in [9.17, 15) is 13.5 Å². The third-order valence-corrected chi connectivity index (χ3v) is 9.11. The zero-order valence-corrected chi connectivity index (χ0v) is 18.9. The molecule has 4 aliphatic rings. The van der Waals surface area contributed by atoms with Gasteiger partial charge >= 0.3 is 0 Å². The van der Waals surface area contributed by atoms with E-state index in [4.69, 9.17) is 0 Å². The van der Waals surface area contributed by atoms with E-state index in [1.807, 2.05) is 12.1 Å². The highest BCUT2D eigenvalue weighted by Crippen LogP contribution is 2.67. The fourth-order valence-corrected chi connectivity index (χ4v) is 7.57. The number of benzene rings is 1. The number of hydrogen-bond donors (Lipinski definition) is 2. The molecule has 1 aliphatic heterocycles. The van der Waals surface area contributed by atoms with Gasteiger partial charge in [0, 0.05) is 35.7 Å². The molecule has 0 amide bonds. The highest BCUT2D eigenvalue weighted by molar-refractivity contribution is 7.90. The summed E-state index contributed by atoms with van der Waals surface area (Å²) in [5.74, 6) is 0. The number of rotatable bonds is 5. The normalized spacial score (nSPS) is 37.7. The number of likely N-dealkylation sites (N-methyl/N-ethyl adjacent to an activating group) is 1. The first-order valence-electron chi connectivity index (χ1n) is 10.9. The summed E-state index contributed by atoms with van der Waals surface area (Å²) >= 11 is 0. The molecule has 0 radical (unpaired) electrons. The van der Waals surface area contributed by atoms with E-state index in [0.717, 1.165) is 37.9 Å². The Morgan fingerprint density at radius 2 is 2.00 bits per heavy atom. The maximum Gasteiger partial charge on any atom is 0.175 e. The second-order valence-corrected chi connectivity index (χ2v) is 12.2. The Morgan fingerprint density at radius 1 is 1.27 bits per heavy atom. The van der Waals surface area contributed by atoms with Crippen molar-refractivity contribution in [1.82, 2.24) is 10.2 Å². The zero-order valence-electron chi connectivity index (χ0n) is 18.1. The van der Waals surface area contributed by atoms with Crippen LogP contribution in [0.25, 0.3) is 0 Å². The van der Waals surface area contributed by atoms with Crippen molar-refractivity contribution in [2.24, 2.45) is 10.8 Å². The fraction of sp³-hybridized carbons (Fsp3) is 0.583. The Morgan fingerprint density at radius 3 is 2.67 bits per heavy atom. The molecule has 162 valence electrons. The number of fused-ring (bicyclic) bond motifs is 3. The largest absolute Gasteiger partial charge is 0.389 e. The summed E-state index contributed by atoms with van der Waals surface area (Å²) in [7, 11) is -0.917. The highest BCUT2D eigenvalue weighted by atomic mass is 32.2.